The second-order valence-corrected chi connectivity index (χ2v) is 8.56. The van der Waals surface area contributed by atoms with Gasteiger partial charge in [0.25, 0.3) is 5.91 Å². The highest BCUT2D eigenvalue weighted by Gasteiger charge is 2.26. The highest BCUT2D eigenvalue weighted by Crippen LogP contribution is 2.22. The molecule has 1 fully saturated rings. The van der Waals surface area contributed by atoms with Gasteiger partial charge in [-0.05, 0) is 55.6 Å². The van der Waals surface area contributed by atoms with Gasteiger partial charge in [0.05, 0.1) is 11.3 Å². The molecule has 0 aromatic heterocycles. The van der Waals surface area contributed by atoms with Crippen LogP contribution in [0.1, 0.15) is 34.3 Å². The minimum Gasteiger partial charge on any atom is -0.352 e. The molecule has 0 aliphatic carbocycles. The molecule has 3 aromatic carbocycles. The predicted octanol–water partition coefficient (Wildman–Crippen LogP) is 4.51. The Morgan fingerprint density at radius 3 is 2.09 bits per heavy atom. The third-order valence-corrected chi connectivity index (χ3v) is 6.18. The quantitative estimate of drug-likeness (QED) is 0.541. The smallest absolute Gasteiger partial charge is 0.253 e. The molecule has 0 radical (unpaired) electrons. The van der Waals surface area contributed by atoms with Gasteiger partial charge in [0.1, 0.15) is 0 Å². The van der Waals surface area contributed by atoms with Crippen molar-refractivity contribution in [3.63, 3.8) is 0 Å². The molecule has 3 aromatic rings. The van der Waals surface area contributed by atoms with E-state index in [2.05, 4.69) is 39.8 Å². The second-order valence-electron chi connectivity index (χ2n) is 8.56. The summed E-state index contributed by atoms with van der Waals surface area (Å²) in [5.74, 6) is -0.204. The van der Waals surface area contributed by atoms with Crippen molar-refractivity contribution in [1.29, 1.82) is 0 Å². The maximum absolute atomic E-state index is 12.9. The van der Waals surface area contributed by atoms with Gasteiger partial charge in [-0.25, -0.2) is 0 Å². The summed E-state index contributed by atoms with van der Waals surface area (Å²) in [4.78, 5) is 28.1. The van der Waals surface area contributed by atoms with E-state index in [1.807, 2.05) is 48.5 Å². The fraction of sp³-hybridized carbons (Fsp3) is 0.286. The van der Waals surface area contributed by atoms with Crippen molar-refractivity contribution in [1.82, 2.24) is 10.2 Å². The van der Waals surface area contributed by atoms with E-state index in [0.29, 0.717) is 17.8 Å². The number of nitrogens with one attached hydrogen (secondary N) is 2. The van der Waals surface area contributed by atoms with Gasteiger partial charge >= 0.3 is 0 Å². The van der Waals surface area contributed by atoms with Crippen molar-refractivity contribution in [3.05, 3.63) is 102 Å². The van der Waals surface area contributed by atoms with Crippen LogP contribution in [-0.2, 0) is 17.8 Å². The first-order valence-electron chi connectivity index (χ1n) is 11.7. The second kappa shape index (κ2) is 11.4. The maximum Gasteiger partial charge on any atom is 0.253 e. The van der Waals surface area contributed by atoms with Gasteiger partial charge in [-0.2, -0.15) is 0 Å². The van der Waals surface area contributed by atoms with Crippen LogP contribution < -0.4 is 10.6 Å². The van der Waals surface area contributed by atoms with E-state index in [1.54, 1.807) is 12.1 Å². The van der Waals surface area contributed by atoms with Crippen molar-refractivity contribution in [3.8, 4) is 0 Å². The molecule has 0 atom stereocenters. The standard InChI is InChI=1S/C28H31N3O2/c32-27(24-16-19-31(20-17-24)21-23-11-5-2-6-12-23)30-26-14-8-7-13-25(26)28(33)29-18-15-22-9-3-1-4-10-22/h1-14,24H,15-21H2,(H,29,33)(H,30,32). The lowest BCUT2D eigenvalue weighted by Gasteiger charge is -2.31. The molecule has 170 valence electrons. The van der Waals surface area contributed by atoms with Gasteiger partial charge in [-0.1, -0.05) is 72.8 Å². The average Bonchev–Trinajstić information content (AvgIpc) is 2.86. The Balaban J connectivity index is 1.28. The molecule has 33 heavy (non-hydrogen) atoms. The normalized spacial score (nSPS) is 14.5. The molecule has 1 heterocycles. The summed E-state index contributed by atoms with van der Waals surface area (Å²) in [6, 6.07) is 27.7. The van der Waals surface area contributed by atoms with Crippen LogP contribution in [0.3, 0.4) is 0 Å². The van der Waals surface area contributed by atoms with Crippen LogP contribution in [0.25, 0.3) is 0 Å². The van der Waals surface area contributed by atoms with Crippen molar-refractivity contribution >= 4 is 17.5 Å². The van der Waals surface area contributed by atoms with Crippen molar-refractivity contribution in [2.24, 2.45) is 5.92 Å². The third-order valence-electron chi connectivity index (χ3n) is 6.18. The Kier molecular flexibility index (Phi) is 7.88. The van der Waals surface area contributed by atoms with Gasteiger partial charge < -0.3 is 10.6 Å². The van der Waals surface area contributed by atoms with E-state index in [-0.39, 0.29) is 17.7 Å². The summed E-state index contributed by atoms with van der Waals surface area (Å²) in [5.41, 5.74) is 3.55. The van der Waals surface area contributed by atoms with Crippen LogP contribution in [0.2, 0.25) is 0 Å². The van der Waals surface area contributed by atoms with Gasteiger partial charge in [0.15, 0.2) is 0 Å². The number of nitrogens with zero attached hydrogens (tertiary/aromatic N) is 1. The number of benzene rings is 3. The van der Waals surface area contributed by atoms with Gasteiger partial charge in [-0.15, -0.1) is 0 Å². The number of rotatable bonds is 8. The molecule has 0 spiro atoms. The van der Waals surface area contributed by atoms with Gasteiger partial charge in [-0.3, -0.25) is 14.5 Å². The molecule has 0 unspecified atom stereocenters. The summed E-state index contributed by atoms with van der Waals surface area (Å²) < 4.78 is 0. The zero-order valence-electron chi connectivity index (χ0n) is 18.9. The Bertz CT molecular complexity index is 1050. The summed E-state index contributed by atoms with van der Waals surface area (Å²) in [6.07, 6.45) is 2.41. The number of carbonyl (C=O) groups is 2. The Morgan fingerprint density at radius 1 is 0.788 bits per heavy atom. The number of hydrogen-bond acceptors (Lipinski definition) is 3. The number of hydrogen-bond donors (Lipinski definition) is 2. The van der Waals surface area contributed by atoms with Crippen molar-refractivity contribution in [2.45, 2.75) is 25.8 Å². The monoisotopic (exact) mass is 441 g/mol. The van der Waals surface area contributed by atoms with E-state index < -0.39 is 0 Å². The zero-order chi connectivity index (χ0) is 22.9. The highest BCUT2D eigenvalue weighted by molar-refractivity contribution is 6.04. The number of para-hydroxylation sites is 1. The lowest BCUT2D eigenvalue weighted by molar-refractivity contribution is -0.121. The SMILES string of the molecule is O=C(NCCc1ccccc1)c1ccccc1NC(=O)C1CCN(Cc2ccccc2)CC1. The number of amides is 2. The summed E-state index contributed by atoms with van der Waals surface area (Å²) in [5, 5.41) is 5.99. The topological polar surface area (TPSA) is 61.4 Å². The molecule has 1 saturated heterocycles. The largest absolute Gasteiger partial charge is 0.352 e. The molecular weight excluding hydrogens is 410 g/mol. The van der Waals surface area contributed by atoms with Gasteiger partial charge in [0, 0.05) is 19.0 Å². The number of piperidine rings is 1. The summed E-state index contributed by atoms with van der Waals surface area (Å²) >= 11 is 0. The minimum atomic E-state index is -0.167. The Hall–Kier alpha value is -3.44. The molecule has 2 amide bonds. The van der Waals surface area contributed by atoms with E-state index >= 15 is 0 Å². The van der Waals surface area contributed by atoms with Crippen molar-refractivity contribution < 1.29 is 9.59 Å². The first kappa shape index (κ1) is 22.7. The number of anilines is 1. The molecule has 4 rings (SSSR count). The van der Waals surface area contributed by atoms with Crippen LogP contribution >= 0.6 is 0 Å². The summed E-state index contributed by atoms with van der Waals surface area (Å²) in [7, 11) is 0. The van der Waals surface area contributed by atoms with Crippen LogP contribution in [0.5, 0.6) is 0 Å². The molecule has 1 aliphatic rings. The Morgan fingerprint density at radius 2 is 1.39 bits per heavy atom. The van der Waals surface area contributed by atoms with Gasteiger partial charge in [0.2, 0.25) is 5.91 Å². The molecule has 5 nitrogen and oxygen atoms in total. The van der Waals surface area contributed by atoms with Crippen molar-refractivity contribution in [2.75, 3.05) is 25.0 Å². The van der Waals surface area contributed by atoms with Crippen LogP contribution in [-0.4, -0.2) is 36.3 Å². The summed E-state index contributed by atoms with van der Waals surface area (Å²) in [6.45, 7) is 3.26. The average molecular weight is 442 g/mol. The van der Waals surface area contributed by atoms with E-state index in [0.717, 1.165) is 38.9 Å². The molecule has 0 bridgehead atoms. The number of likely N-dealkylation sites (tertiary alicyclic amines) is 1. The predicted molar refractivity (Wildman–Crippen MR) is 132 cm³/mol. The first-order valence-corrected chi connectivity index (χ1v) is 11.7. The van der Waals surface area contributed by atoms with E-state index in [1.165, 1.54) is 11.1 Å². The zero-order valence-corrected chi connectivity index (χ0v) is 18.9. The maximum atomic E-state index is 12.9. The minimum absolute atomic E-state index is 0.00102. The Labute approximate surface area is 195 Å². The molecule has 1 aliphatic heterocycles. The fourth-order valence-electron chi connectivity index (χ4n) is 4.28. The molecule has 0 saturated carbocycles. The lowest BCUT2D eigenvalue weighted by Crippen LogP contribution is -2.38. The lowest BCUT2D eigenvalue weighted by atomic mass is 9.95. The van der Waals surface area contributed by atoms with E-state index in [9.17, 15) is 9.59 Å². The fourth-order valence-corrected chi connectivity index (χ4v) is 4.28. The molecule has 5 heteroatoms. The van der Waals surface area contributed by atoms with E-state index in [4.69, 9.17) is 0 Å². The highest BCUT2D eigenvalue weighted by atomic mass is 16.2. The third kappa shape index (κ3) is 6.53. The van der Waals surface area contributed by atoms with Crippen LogP contribution in [0, 0.1) is 5.92 Å². The van der Waals surface area contributed by atoms with Crippen LogP contribution in [0.15, 0.2) is 84.9 Å². The molecular formula is C28H31N3O2. The van der Waals surface area contributed by atoms with Crippen LogP contribution in [0.4, 0.5) is 5.69 Å². The number of carbonyl (C=O) groups excluding carboxylic acids is 2. The first-order chi connectivity index (χ1) is 16.2. The molecule has 2 N–H and O–H groups in total.